The van der Waals surface area contributed by atoms with Gasteiger partial charge in [-0.15, -0.1) is 0 Å². The summed E-state index contributed by atoms with van der Waals surface area (Å²) in [5, 5.41) is 0.240. The van der Waals surface area contributed by atoms with Gasteiger partial charge >= 0.3 is 0 Å². The minimum atomic E-state index is 0.240. The Morgan fingerprint density at radius 2 is 2.17 bits per heavy atom. The lowest BCUT2D eigenvalue weighted by molar-refractivity contribution is 0.655. The van der Waals surface area contributed by atoms with Gasteiger partial charge in [0.15, 0.2) is 5.11 Å². The standard InChI is InChI=1S/C7H10N4S/c8-7(12)11-10-5-6-1-3-9-4-2-6/h1-4,10H,5H2,(H3,8,11,12). The van der Waals surface area contributed by atoms with Crippen LogP contribution in [0.15, 0.2) is 24.5 Å². The highest BCUT2D eigenvalue weighted by atomic mass is 32.1. The molecule has 0 bridgehead atoms. The second-order valence-corrected chi connectivity index (χ2v) is 2.64. The molecule has 0 fully saturated rings. The summed E-state index contributed by atoms with van der Waals surface area (Å²) in [4.78, 5) is 3.89. The number of aromatic nitrogens is 1. The van der Waals surface area contributed by atoms with Crippen LogP contribution in [0.25, 0.3) is 0 Å². The quantitative estimate of drug-likeness (QED) is 0.451. The van der Waals surface area contributed by atoms with Crippen LogP contribution < -0.4 is 16.6 Å². The van der Waals surface area contributed by atoms with Crippen LogP contribution in [0.4, 0.5) is 0 Å². The molecule has 4 nitrogen and oxygen atoms in total. The summed E-state index contributed by atoms with van der Waals surface area (Å²) < 4.78 is 0. The predicted octanol–water partition coefficient (Wildman–Crippen LogP) is -0.0806. The van der Waals surface area contributed by atoms with Crippen LogP contribution in [0.1, 0.15) is 5.56 Å². The molecule has 0 radical (unpaired) electrons. The van der Waals surface area contributed by atoms with Crippen molar-refractivity contribution >= 4 is 17.3 Å². The molecule has 0 amide bonds. The van der Waals surface area contributed by atoms with E-state index in [2.05, 4.69) is 28.1 Å². The van der Waals surface area contributed by atoms with E-state index in [1.165, 1.54) is 0 Å². The number of rotatable bonds is 3. The number of hydrogen-bond acceptors (Lipinski definition) is 3. The molecule has 1 aromatic rings. The lowest BCUT2D eigenvalue weighted by Crippen LogP contribution is -2.40. The highest BCUT2D eigenvalue weighted by Gasteiger charge is 1.89. The van der Waals surface area contributed by atoms with E-state index in [1.807, 2.05) is 12.1 Å². The van der Waals surface area contributed by atoms with Crippen molar-refractivity contribution in [3.63, 3.8) is 0 Å². The van der Waals surface area contributed by atoms with Gasteiger partial charge in [-0.05, 0) is 29.9 Å². The van der Waals surface area contributed by atoms with Crippen LogP contribution >= 0.6 is 12.2 Å². The van der Waals surface area contributed by atoms with E-state index in [-0.39, 0.29) is 5.11 Å². The molecule has 0 atom stereocenters. The molecule has 5 heteroatoms. The van der Waals surface area contributed by atoms with Crippen LogP contribution in [0.5, 0.6) is 0 Å². The lowest BCUT2D eigenvalue weighted by Gasteiger charge is -2.04. The molecule has 1 heterocycles. The first-order valence-corrected chi connectivity index (χ1v) is 3.87. The van der Waals surface area contributed by atoms with Crippen LogP contribution in [-0.4, -0.2) is 10.1 Å². The van der Waals surface area contributed by atoms with Gasteiger partial charge in [-0.1, -0.05) is 0 Å². The van der Waals surface area contributed by atoms with E-state index >= 15 is 0 Å². The fourth-order valence-corrected chi connectivity index (χ4v) is 0.806. The Kier molecular flexibility index (Phi) is 3.43. The van der Waals surface area contributed by atoms with E-state index in [9.17, 15) is 0 Å². The van der Waals surface area contributed by atoms with E-state index in [4.69, 9.17) is 5.73 Å². The van der Waals surface area contributed by atoms with E-state index in [1.54, 1.807) is 12.4 Å². The maximum atomic E-state index is 5.20. The number of nitrogens with one attached hydrogen (secondary N) is 2. The topological polar surface area (TPSA) is 63.0 Å². The third-order valence-corrected chi connectivity index (χ3v) is 1.36. The molecule has 0 aliphatic heterocycles. The molecule has 4 N–H and O–H groups in total. The Morgan fingerprint density at radius 1 is 1.50 bits per heavy atom. The summed E-state index contributed by atoms with van der Waals surface area (Å²) in [5.41, 5.74) is 11.8. The fourth-order valence-electron chi connectivity index (χ4n) is 0.734. The van der Waals surface area contributed by atoms with Gasteiger partial charge in [0, 0.05) is 18.9 Å². The Labute approximate surface area is 76.1 Å². The van der Waals surface area contributed by atoms with Gasteiger partial charge in [-0.3, -0.25) is 10.4 Å². The molecular weight excluding hydrogens is 172 g/mol. The van der Waals surface area contributed by atoms with Crippen molar-refractivity contribution in [1.29, 1.82) is 0 Å². The molecular formula is C7H10N4S. The normalized spacial score (nSPS) is 9.33. The van der Waals surface area contributed by atoms with Gasteiger partial charge in [0.2, 0.25) is 0 Å². The first-order chi connectivity index (χ1) is 5.79. The molecule has 0 saturated carbocycles. The van der Waals surface area contributed by atoms with Crippen LogP contribution in [0.2, 0.25) is 0 Å². The molecule has 0 aromatic carbocycles. The maximum Gasteiger partial charge on any atom is 0.178 e. The Bertz CT molecular complexity index is 249. The van der Waals surface area contributed by atoms with Crippen molar-refractivity contribution in [2.75, 3.05) is 0 Å². The van der Waals surface area contributed by atoms with Crippen molar-refractivity contribution in [3.8, 4) is 0 Å². The highest BCUT2D eigenvalue weighted by molar-refractivity contribution is 7.80. The van der Waals surface area contributed by atoms with Gasteiger partial charge in [-0.25, -0.2) is 5.43 Å². The number of hydrogen-bond donors (Lipinski definition) is 3. The Hall–Kier alpha value is -1.20. The van der Waals surface area contributed by atoms with Crippen molar-refractivity contribution < 1.29 is 0 Å². The van der Waals surface area contributed by atoms with Crippen molar-refractivity contribution in [2.45, 2.75) is 6.54 Å². The molecule has 12 heavy (non-hydrogen) atoms. The number of nitrogens with two attached hydrogens (primary N) is 1. The fraction of sp³-hybridized carbons (Fsp3) is 0.143. The first kappa shape index (κ1) is 8.89. The number of nitrogens with zero attached hydrogens (tertiary/aromatic N) is 1. The summed E-state index contributed by atoms with van der Waals surface area (Å²) in [6.07, 6.45) is 3.47. The molecule has 0 spiro atoms. The molecule has 1 aromatic heterocycles. The SMILES string of the molecule is NC(=S)NNCc1ccncc1. The van der Waals surface area contributed by atoms with Gasteiger partial charge in [0.25, 0.3) is 0 Å². The molecule has 64 valence electrons. The first-order valence-electron chi connectivity index (χ1n) is 3.46. The third kappa shape index (κ3) is 3.27. The summed E-state index contributed by atoms with van der Waals surface area (Å²) >= 11 is 4.60. The monoisotopic (exact) mass is 182 g/mol. The highest BCUT2D eigenvalue weighted by Crippen LogP contribution is 1.93. The molecule has 0 aliphatic rings. The van der Waals surface area contributed by atoms with Gasteiger partial charge in [0.05, 0.1) is 0 Å². The average Bonchev–Trinajstić information content (AvgIpc) is 2.05. The maximum absolute atomic E-state index is 5.20. The van der Waals surface area contributed by atoms with Crippen LogP contribution in [0, 0.1) is 0 Å². The van der Waals surface area contributed by atoms with Gasteiger partial charge in [-0.2, -0.15) is 0 Å². The largest absolute Gasteiger partial charge is 0.375 e. The smallest absolute Gasteiger partial charge is 0.178 e. The number of hydrazine groups is 1. The second-order valence-electron chi connectivity index (χ2n) is 2.20. The van der Waals surface area contributed by atoms with E-state index in [0.29, 0.717) is 6.54 Å². The van der Waals surface area contributed by atoms with Crippen molar-refractivity contribution in [3.05, 3.63) is 30.1 Å². The van der Waals surface area contributed by atoms with E-state index in [0.717, 1.165) is 5.56 Å². The number of pyridine rings is 1. The zero-order valence-corrected chi connectivity index (χ0v) is 7.27. The molecule has 0 unspecified atom stereocenters. The third-order valence-electron chi connectivity index (χ3n) is 1.25. The zero-order valence-electron chi connectivity index (χ0n) is 6.45. The molecule has 0 aliphatic carbocycles. The predicted molar refractivity (Wildman–Crippen MR) is 51.0 cm³/mol. The molecule has 1 rings (SSSR count). The minimum Gasteiger partial charge on any atom is -0.375 e. The van der Waals surface area contributed by atoms with Crippen molar-refractivity contribution in [2.24, 2.45) is 5.73 Å². The average molecular weight is 182 g/mol. The van der Waals surface area contributed by atoms with Gasteiger partial charge < -0.3 is 5.73 Å². The van der Waals surface area contributed by atoms with Crippen molar-refractivity contribution in [1.82, 2.24) is 15.8 Å². The Morgan fingerprint density at radius 3 is 2.75 bits per heavy atom. The van der Waals surface area contributed by atoms with Gasteiger partial charge in [0.1, 0.15) is 0 Å². The lowest BCUT2D eigenvalue weighted by atomic mass is 10.3. The summed E-state index contributed by atoms with van der Waals surface area (Å²) in [6.45, 7) is 0.667. The minimum absolute atomic E-state index is 0.240. The second kappa shape index (κ2) is 4.63. The van der Waals surface area contributed by atoms with Crippen LogP contribution in [0.3, 0.4) is 0 Å². The zero-order chi connectivity index (χ0) is 8.81. The Balaban J connectivity index is 2.29. The summed E-state index contributed by atoms with van der Waals surface area (Å²) in [7, 11) is 0. The van der Waals surface area contributed by atoms with E-state index < -0.39 is 0 Å². The summed E-state index contributed by atoms with van der Waals surface area (Å²) in [5.74, 6) is 0. The number of thiocarbonyl (C=S) groups is 1. The molecule has 0 saturated heterocycles. The summed E-state index contributed by atoms with van der Waals surface area (Å²) in [6, 6.07) is 3.82. The van der Waals surface area contributed by atoms with Crippen LogP contribution in [-0.2, 0) is 6.54 Å².